The Morgan fingerprint density at radius 3 is 2.82 bits per heavy atom. The Bertz CT molecular complexity index is 1260. The van der Waals surface area contributed by atoms with Crippen LogP contribution in [0.3, 0.4) is 0 Å². The van der Waals surface area contributed by atoms with Gasteiger partial charge in [0.25, 0.3) is 0 Å². The largest absolute Gasteiger partial charge is 0.230 e. The molecule has 0 spiro atoms. The van der Waals surface area contributed by atoms with Crippen LogP contribution in [-0.2, 0) is 0 Å². The Labute approximate surface area is 163 Å². The number of halogens is 1. The first-order chi connectivity index (χ1) is 13.5. The van der Waals surface area contributed by atoms with E-state index in [0.717, 1.165) is 39.4 Å². The summed E-state index contributed by atoms with van der Waals surface area (Å²) < 4.78 is 16.6. The van der Waals surface area contributed by atoms with Gasteiger partial charge in [-0.15, -0.1) is 0 Å². The lowest BCUT2D eigenvalue weighted by atomic mass is 9.99. The average molecular weight is 369 g/mol. The standard InChI is InChI=1S/C24H20FN3/c1-15(2)18-8-10-23(21(25)13-18)28-22-9-7-16(3)11-20(22)24(27-28)19-6-4-5-17(12-19)14-26/h4-6,8-13,16H,1,7H2,2-3H3. The molecule has 3 nitrogen and oxygen atoms in total. The lowest BCUT2D eigenvalue weighted by Gasteiger charge is -2.09. The van der Waals surface area contributed by atoms with Gasteiger partial charge in [0.2, 0.25) is 0 Å². The average Bonchev–Trinajstić information content (AvgIpc) is 3.06. The van der Waals surface area contributed by atoms with Crippen LogP contribution in [0.5, 0.6) is 0 Å². The summed E-state index contributed by atoms with van der Waals surface area (Å²) in [6.07, 6.45) is 5.16. The summed E-state index contributed by atoms with van der Waals surface area (Å²) in [5, 5.41) is 15.9. The quantitative estimate of drug-likeness (QED) is 0.695. The van der Waals surface area contributed by atoms with Gasteiger partial charge in [0.05, 0.1) is 17.0 Å². The van der Waals surface area contributed by atoms with Gasteiger partial charge in [-0.3, -0.25) is 0 Å². The van der Waals surface area contributed by atoms with Crippen molar-refractivity contribution in [3.8, 4) is 23.0 Å². The summed E-state index contributed by atoms with van der Waals surface area (Å²) in [6, 6.07) is 14.6. The molecule has 1 aliphatic rings. The van der Waals surface area contributed by atoms with E-state index < -0.39 is 0 Å². The second kappa shape index (κ2) is 6.94. The zero-order valence-corrected chi connectivity index (χ0v) is 15.9. The van der Waals surface area contributed by atoms with Crippen molar-refractivity contribution in [1.82, 2.24) is 9.78 Å². The van der Waals surface area contributed by atoms with Gasteiger partial charge in [-0.2, -0.15) is 10.4 Å². The highest BCUT2D eigenvalue weighted by Crippen LogP contribution is 2.21. The zero-order chi connectivity index (χ0) is 19.8. The van der Waals surface area contributed by atoms with Crippen molar-refractivity contribution in [3.63, 3.8) is 0 Å². The van der Waals surface area contributed by atoms with E-state index in [-0.39, 0.29) is 5.82 Å². The number of allylic oxidation sites excluding steroid dienone is 1. The maximum atomic E-state index is 14.9. The second-order valence-corrected chi connectivity index (χ2v) is 7.28. The lowest BCUT2D eigenvalue weighted by molar-refractivity contribution is 0.608. The van der Waals surface area contributed by atoms with Crippen LogP contribution in [0.4, 0.5) is 4.39 Å². The van der Waals surface area contributed by atoms with E-state index in [0.29, 0.717) is 17.2 Å². The van der Waals surface area contributed by atoms with Crippen molar-refractivity contribution in [1.29, 1.82) is 5.26 Å². The third kappa shape index (κ3) is 3.05. The highest BCUT2D eigenvalue weighted by molar-refractivity contribution is 5.66. The summed E-state index contributed by atoms with van der Waals surface area (Å²) in [7, 11) is 0. The maximum absolute atomic E-state index is 14.9. The van der Waals surface area contributed by atoms with Crippen LogP contribution in [0, 0.1) is 23.1 Å². The molecule has 0 N–H and O–H groups in total. The smallest absolute Gasteiger partial charge is 0.149 e. The highest BCUT2D eigenvalue weighted by atomic mass is 19.1. The Hall–Kier alpha value is -3.45. The first-order valence-electron chi connectivity index (χ1n) is 9.25. The van der Waals surface area contributed by atoms with Crippen molar-refractivity contribution in [2.45, 2.75) is 20.3 Å². The monoisotopic (exact) mass is 369 g/mol. The second-order valence-electron chi connectivity index (χ2n) is 7.28. The summed E-state index contributed by atoms with van der Waals surface area (Å²) in [5.74, 6) is 0.0360. The van der Waals surface area contributed by atoms with Gasteiger partial charge < -0.3 is 0 Å². The molecule has 4 heteroatoms. The van der Waals surface area contributed by atoms with Gasteiger partial charge in [-0.25, -0.2) is 9.07 Å². The summed E-state index contributed by atoms with van der Waals surface area (Å²) in [5.41, 5.74) is 4.18. The number of benzene rings is 2. The number of nitriles is 1. The van der Waals surface area contributed by atoms with E-state index in [9.17, 15) is 9.65 Å². The predicted octanol–water partition coefficient (Wildman–Crippen LogP) is 4.18. The Morgan fingerprint density at radius 1 is 1.29 bits per heavy atom. The molecule has 1 aromatic heterocycles. The van der Waals surface area contributed by atoms with Crippen molar-refractivity contribution in [3.05, 3.63) is 76.6 Å². The molecule has 0 radical (unpaired) electrons. The van der Waals surface area contributed by atoms with Gasteiger partial charge in [-0.1, -0.05) is 49.4 Å². The maximum Gasteiger partial charge on any atom is 0.149 e. The van der Waals surface area contributed by atoms with E-state index in [1.165, 1.54) is 6.07 Å². The molecule has 4 rings (SSSR count). The number of rotatable bonds is 3. The molecule has 1 heterocycles. The topological polar surface area (TPSA) is 41.6 Å². The molecular weight excluding hydrogens is 349 g/mol. The van der Waals surface area contributed by atoms with Crippen LogP contribution in [0.2, 0.25) is 0 Å². The van der Waals surface area contributed by atoms with Crippen LogP contribution in [0.15, 0.2) is 49.0 Å². The molecule has 0 aliphatic heterocycles. The number of aromatic nitrogens is 2. The van der Waals surface area contributed by atoms with Crippen LogP contribution in [0.25, 0.3) is 34.7 Å². The Morgan fingerprint density at radius 2 is 2.11 bits per heavy atom. The molecule has 1 unspecified atom stereocenters. The first-order valence-corrected chi connectivity index (χ1v) is 9.25. The van der Waals surface area contributed by atoms with Gasteiger partial charge in [0.1, 0.15) is 17.2 Å². The number of fused-ring (bicyclic) bond motifs is 1. The number of hydrogen-bond donors (Lipinski definition) is 0. The van der Waals surface area contributed by atoms with Crippen molar-refractivity contribution >= 4 is 17.7 Å². The third-order valence-electron chi connectivity index (χ3n) is 5.03. The van der Waals surface area contributed by atoms with E-state index in [1.54, 1.807) is 16.8 Å². The molecule has 28 heavy (non-hydrogen) atoms. The van der Waals surface area contributed by atoms with Gasteiger partial charge in [0, 0.05) is 10.8 Å². The molecule has 0 bridgehead atoms. The third-order valence-corrected chi connectivity index (χ3v) is 5.03. The first kappa shape index (κ1) is 17.9. The number of hydrogen-bond acceptors (Lipinski definition) is 2. The van der Waals surface area contributed by atoms with Crippen molar-refractivity contribution in [2.75, 3.05) is 0 Å². The number of nitrogens with zero attached hydrogens (tertiary/aromatic N) is 3. The molecule has 0 amide bonds. The highest BCUT2D eigenvalue weighted by Gasteiger charge is 2.17. The fourth-order valence-corrected chi connectivity index (χ4v) is 3.53. The Kier molecular flexibility index (Phi) is 4.44. The molecule has 0 saturated heterocycles. The molecule has 138 valence electrons. The van der Waals surface area contributed by atoms with Crippen molar-refractivity contribution < 1.29 is 4.39 Å². The molecule has 2 aromatic carbocycles. The lowest BCUT2D eigenvalue weighted by Crippen LogP contribution is -2.32. The summed E-state index contributed by atoms with van der Waals surface area (Å²) >= 11 is 0. The van der Waals surface area contributed by atoms with Crippen molar-refractivity contribution in [2.24, 2.45) is 5.92 Å². The molecule has 3 aromatic rings. The fourth-order valence-electron chi connectivity index (χ4n) is 3.53. The normalized spacial score (nSPS) is 15.1. The van der Waals surface area contributed by atoms with E-state index in [2.05, 4.69) is 31.7 Å². The fraction of sp³-hybridized carbons (Fsp3) is 0.167. The minimum absolute atomic E-state index is 0.338. The van der Waals surface area contributed by atoms with E-state index >= 15 is 0 Å². The molecular formula is C24H20FN3. The van der Waals surface area contributed by atoms with E-state index in [4.69, 9.17) is 5.10 Å². The molecule has 0 saturated carbocycles. The van der Waals surface area contributed by atoms with Gasteiger partial charge in [-0.05, 0) is 49.1 Å². The SMILES string of the molecule is C=C(C)c1ccc(-n2nc(-c3cccc(C#N)c3)c3c2=CCC(C)C=3)c(F)c1. The van der Waals surface area contributed by atoms with Crippen LogP contribution in [-0.4, -0.2) is 9.78 Å². The minimum Gasteiger partial charge on any atom is -0.230 e. The minimum atomic E-state index is -0.338. The summed E-state index contributed by atoms with van der Waals surface area (Å²) in [4.78, 5) is 0. The summed E-state index contributed by atoms with van der Waals surface area (Å²) in [6.45, 7) is 7.88. The zero-order valence-electron chi connectivity index (χ0n) is 15.9. The molecule has 1 atom stereocenters. The molecule has 0 fully saturated rings. The van der Waals surface area contributed by atoms with Gasteiger partial charge >= 0.3 is 0 Å². The predicted molar refractivity (Wildman–Crippen MR) is 110 cm³/mol. The Balaban J connectivity index is 1.98. The van der Waals surface area contributed by atoms with Crippen LogP contribution in [0.1, 0.15) is 31.4 Å². The van der Waals surface area contributed by atoms with Gasteiger partial charge in [0.15, 0.2) is 0 Å². The molecule has 1 aliphatic carbocycles. The van der Waals surface area contributed by atoms with Crippen LogP contribution < -0.4 is 10.6 Å². The van der Waals surface area contributed by atoms with E-state index in [1.807, 2.05) is 31.2 Å². The van der Waals surface area contributed by atoms with Crippen LogP contribution >= 0.6 is 0 Å².